The first-order chi connectivity index (χ1) is 7.35. The molecule has 2 rings (SSSR count). The molecule has 2 aromatic heterocycles. The van der Waals surface area contributed by atoms with Crippen LogP contribution in [0.25, 0.3) is 10.6 Å². The normalized spacial score (nSPS) is 10.1. The fraction of sp³-hybridized carbons (Fsp3) is 0.273. The molecule has 76 valence electrons. The van der Waals surface area contributed by atoms with Crippen LogP contribution in [0.15, 0.2) is 23.6 Å². The van der Waals surface area contributed by atoms with Crippen LogP contribution in [0.1, 0.15) is 12.6 Å². The fourth-order valence-electron chi connectivity index (χ4n) is 1.50. The number of rotatable bonds is 3. The third-order valence-electron chi connectivity index (χ3n) is 2.20. The number of nitrogens with zero attached hydrogens (tertiary/aromatic N) is 3. The average molecular weight is 217 g/mol. The third-order valence-corrected chi connectivity index (χ3v) is 3.09. The maximum absolute atomic E-state index is 8.69. The van der Waals surface area contributed by atoms with E-state index in [1.807, 2.05) is 35.2 Å². The van der Waals surface area contributed by atoms with Crippen LogP contribution in [0.2, 0.25) is 0 Å². The van der Waals surface area contributed by atoms with Gasteiger partial charge in [-0.25, -0.2) is 0 Å². The van der Waals surface area contributed by atoms with E-state index in [1.54, 1.807) is 11.3 Å². The topological polar surface area (TPSA) is 41.6 Å². The van der Waals surface area contributed by atoms with Crippen molar-refractivity contribution >= 4 is 11.3 Å². The lowest BCUT2D eigenvalue weighted by atomic mass is 10.2. The monoisotopic (exact) mass is 217 g/mol. The van der Waals surface area contributed by atoms with Crippen molar-refractivity contribution in [2.45, 2.75) is 19.9 Å². The van der Waals surface area contributed by atoms with Crippen LogP contribution in [0.3, 0.4) is 0 Å². The number of thiophene rings is 1. The number of aryl methyl sites for hydroxylation is 1. The Bertz CT molecular complexity index is 476. The summed E-state index contributed by atoms with van der Waals surface area (Å²) >= 11 is 1.67. The molecular formula is C11H11N3S. The molecule has 15 heavy (non-hydrogen) atoms. The van der Waals surface area contributed by atoms with Gasteiger partial charge >= 0.3 is 0 Å². The molecule has 0 aliphatic heterocycles. The molecule has 2 aromatic rings. The van der Waals surface area contributed by atoms with Crippen molar-refractivity contribution in [3.05, 3.63) is 29.3 Å². The van der Waals surface area contributed by atoms with Crippen LogP contribution in [0.5, 0.6) is 0 Å². The van der Waals surface area contributed by atoms with Crippen molar-refractivity contribution in [3.63, 3.8) is 0 Å². The van der Waals surface area contributed by atoms with E-state index in [0.717, 1.165) is 22.8 Å². The second-order valence-electron chi connectivity index (χ2n) is 3.15. The molecule has 0 fully saturated rings. The molecule has 0 spiro atoms. The van der Waals surface area contributed by atoms with Gasteiger partial charge in [-0.3, -0.25) is 4.68 Å². The number of hydrogen-bond acceptors (Lipinski definition) is 3. The lowest BCUT2D eigenvalue weighted by Crippen LogP contribution is -2.01. The molecule has 0 unspecified atom stereocenters. The Morgan fingerprint density at radius 1 is 1.60 bits per heavy atom. The van der Waals surface area contributed by atoms with Gasteiger partial charge in [0.05, 0.1) is 23.1 Å². The molecule has 0 aromatic carbocycles. The molecule has 0 aliphatic carbocycles. The summed E-state index contributed by atoms with van der Waals surface area (Å²) in [5.41, 5.74) is 1.96. The van der Waals surface area contributed by atoms with Gasteiger partial charge in [0.15, 0.2) is 0 Å². The summed E-state index contributed by atoms with van der Waals surface area (Å²) in [7, 11) is 0. The van der Waals surface area contributed by atoms with Gasteiger partial charge in [0, 0.05) is 6.54 Å². The first-order valence-electron chi connectivity index (χ1n) is 4.82. The molecule has 0 bridgehead atoms. The van der Waals surface area contributed by atoms with Crippen LogP contribution in [-0.4, -0.2) is 9.78 Å². The molecule has 3 nitrogen and oxygen atoms in total. The molecule has 0 radical (unpaired) electrons. The van der Waals surface area contributed by atoms with Crippen molar-refractivity contribution in [1.29, 1.82) is 5.26 Å². The predicted octanol–water partition coefficient (Wildman–Crippen LogP) is 2.70. The van der Waals surface area contributed by atoms with Gasteiger partial charge in [-0.05, 0) is 24.4 Å². The minimum atomic E-state index is 0.423. The van der Waals surface area contributed by atoms with Crippen molar-refractivity contribution in [2.24, 2.45) is 0 Å². The molecule has 0 saturated carbocycles. The molecule has 0 saturated heterocycles. The Hall–Kier alpha value is -1.60. The van der Waals surface area contributed by atoms with E-state index < -0.39 is 0 Å². The average Bonchev–Trinajstić information content (AvgIpc) is 2.84. The second-order valence-corrected chi connectivity index (χ2v) is 4.10. The number of nitriles is 1. The van der Waals surface area contributed by atoms with Gasteiger partial charge < -0.3 is 0 Å². The minimum absolute atomic E-state index is 0.423. The summed E-state index contributed by atoms with van der Waals surface area (Å²) in [6.45, 7) is 2.84. The van der Waals surface area contributed by atoms with Crippen LogP contribution in [-0.2, 0) is 13.0 Å². The summed E-state index contributed by atoms with van der Waals surface area (Å²) in [6.07, 6.45) is 0.423. The highest BCUT2D eigenvalue weighted by molar-refractivity contribution is 7.13. The molecular weight excluding hydrogens is 206 g/mol. The molecule has 0 atom stereocenters. The van der Waals surface area contributed by atoms with E-state index in [0.29, 0.717) is 6.42 Å². The van der Waals surface area contributed by atoms with E-state index in [-0.39, 0.29) is 0 Å². The summed E-state index contributed by atoms with van der Waals surface area (Å²) in [4.78, 5) is 1.15. The predicted molar refractivity (Wildman–Crippen MR) is 60.5 cm³/mol. The highest BCUT2D eigenvalue weighted by Crippen LogP contribution is 2.24. The summed E-state index contributed by atoms with van der Waals surface area (Å²) < 4.78 is 1.89. The highest BCUT2D eigenvalue weighted by Gasteiger charge is 2.08. The minimum Gasteiger partial charge on any atom is -0.268 e. The zero-order chi connectivity index (χ0) is 10.7. The van der Waals surface area contributed by atoms with E-state index in [9.17, 15) is 0 Å². The lowest BCUT2D eigenvalue weighted by molar-refractivity contribution is 0.635. The van der Waals surface area contributed by atoms with Crippen molar-refractivity contribution in [2.75, 3.05) is 0 Å². The maximum atomic E-state index is 8.69. The first-order valence-corrected chi connectivity index (χ1v) is 5.70. The quantitative estimate of drug-likeness (QED) is 0.793. The van der Waals surface area contributed by atoms with E-state index >= 15 is 0 Å². The lowest BCUT2D eigenvalue weighted by Gasteiger charge is -1.98. The van der Waals surface area contributed by atoms with Crippen molar-refractivity contribution in [1.82, 2.24) is 9.78 Å². The van der Waals surface area contributed by atoms with E-state index in [4.69, 9.17) is 5.26 Å². The molecule has 4 heteroatoms. The Labute approximate surface area is 92.6 Å². The van der Waals surface area contributed by atoms with Gasteiger partial charge in [-0.1, -0.05) is 6.07 Å². The van der Waals surface area contributed by atoms with Gasteiger partial charge in [-0.2, -0.15) is 10.4 Å². The van der Waals surface area contributed by atoms with Crippen molar-refractivity contribution < 1.29 is 0 Å². The zero-order valence-electron chi connectivity index (χ0n) is 8.47. The summed E-state index contributed by atoms with van der Waals surface area (Å²) in [5, 5.41) is 15.2. The number of aromatic nitrogens is 2. The molecule has 2 heterocycles. The van der Waals surface area contributed by atoms with E-state index in [1.165, 1.54) is 0 Å². The van der Waals surface area contributed by atoms with Gasteiger partial charge in [0.25, 0.3) is 0 Å². The molecule has 0 N–H and O–H groups in total. The Morgan fingerprint density at radius 2 is 2.47 bits per heavy atom. The maximum Gasteiger partial charge on any atom is 0.103 e. The highest BCUT2D eigenvalue weighted by atomic mass is 32.1. The van der Waals surface area contributed by atoms with E-state index in [2.05, 4.69) is 11.2 Å². The summed E-state index contributed by atoms with van der Waals surface area (Å²) in [6, 6.07) is 8.21. The fourth-order valence-corrected chi connectivity index (χ4v) is 2.18. The van der Waals surface area contributed by atoms with Crippen LogP contribution in [0.4, 0.5) is 0 Å². The van der Waals surface area contributed by atoms with Crippen LogP contribution < -0.4 is 0 Å². The SMILES string of the molecule is CCn1nc(-c2cccs2)cc1CC#N. The molecule has 0 amide bonds. The van der Waals surface area contributed by atoms with Gasteiger partial charge in [0.1, 0.15) is 5.69 Å². The Kier molecular flexibility index (Phi) is 2.84. The zero-order valence-corrected chi connectivity index (χ0v) is 9.29. The first kappa shape index (κ1) is 9.94. The molecule has 0 aliphatic rings. The summed E-state index contributed by atoms with van der Waals surface area (Å²) in [5.74, 6) is 0. The van der Waals surface area contributed by atoms with Gasteiger partial charge in [-0.15, -0.1) is 11.3 Å². The standard InChI is InChI=1S/C11H11N3S/c1-2-14-9(5-6-12)8-10(13-14)11-4-3-7-15-11/h3-4,7-8H,2,5H2,1H3. The van der Waals surface area contributed by atoms with Crippen molar-refractivity contribution in [3.8, 4) is 16.6 Å². The van der Waals surface area contributed by atoms with Crippen LogP contribution in [0, 0.1) is 11.3 Å². The largest absolute Gasteiger partial charge is 0.268 e. The second kappa shape index (κ2) is 4.28. The van der Waals surface area contributed by atoms with Gasteiger partial charge in [0.2, 0.25) is 0 Å². The smallest absolute Gasteiger partial charge is 0.103 e. The Morgan fingerprint density at radius 3 is 3.07 bits per heavy atom. The Balaban J connectivity index is 2.39. The van der Waals surface area contributed by atoms with Crippen LogP contribution >= 0.6 is 11.3 Å². The number of hydrogen-bond donors (Lipinski definition) is 0. The third kappa shape index (κ3) is 1.92.